The number of fused-ring (bicyclic) bond motifs is 1. The van der Waals surface area contributed by atoms with Gasteiger partial charge in [-0.3, -0.25) is 4.79 Å². The summed E-state index contributed by atoms with van der Waals surface area (Å²) < 4.78 is 5.31. The molecule has 0 fully saturated rings. The molecule has 0 amide bonds. The summed E-state index contributed by atoms with van der Waals surface area (Å²) in [6.45, 7) is 3.88. The van der Waals surface area contributed by atoms with Crippen LogP contribution in [0.4, 0.5) is 0 Å². The van der Waals surface area contributed by atoms with Gasteiger partial charge in [0.1, 0.15) is 5.75 Å². The predicted molar refractivity (Wildman–Crippen MR) is 81.7 cm³/mol. The van der Waals surface area contributed by atoms with Gasteiger partial charge >= 0.3 is 0 Å². The molecule has 0 saturated heterocycles. The summed E-state index contributed by atoms with van der Waals surface area (Å²) >= 11 is 1.56. The van der Waals surface area contributed by atoms with Crippen molar-refractivity contribution in [3.05, 3.63) is 44.4 Å². The molecule has 0 radical (unpaired) electrons. The average molecular weight is 286 g/mol. The second-order valence-electron chi connectivity index (χ2n) is 4.61. The van der Waals surface area contributed by atoms with E-state index in [-0.39, 0.29) is 5.43 Å². The zero-order valence-electron chi connectivity index (χ0n) is 11.5. The molecule has 5 heteroatoms. The summed E-state index contributed by atoms with van der Waals surface area (Å²) in [6.07, 6.45) is 0. The molecule has 3 rings (SSSR count). The van der Waals surface area contributed by atoms with E-state index in [2.05, 4.69) is 9.97 Å². The Kier molecular flexibility index (Phi) is 3.06. The third-order valence-electron chi connectivity index (χ3n) is 3.33. The molecule has 0 unspecified atom stereocenters. The van der Waals surface area contributed by atoms with E-state index in [0.717, 1.165) is 33.2 Å². The summed E-state index contributed by atoms with van der Waals surface area (Å²) in [6, 6.07) is 5.21. The Bertz CT molecular complexity index is 849. The highest BCUT2D eigenvalue weighted by Gasteiger charge is 2.10. The third kappa shape index (κ3) is 2.00. The van der Waals surface area contributed by atoms with E-state index in [4.69, 9.17) is 4.74 Å². The normalized spacial score (nSPS) is 10.9. The lowest BCUT2D eigenvalue weighted by Gasteiger charge is -2.09. The molecule has 1 N–H and O–H groups in total. The average Bonchev–Trinajstić information content (AvgIpc) is 2.86. The van der Waals surface area contributed by atoms with Gasteiger partial charge in [-0.05, 0) is 26.0 Å². The van der Waals surface area contributed by atoms with Crippen LogP contribution in [0.25, 0.3) is 22.3 Å². The Hall–Kier alpha value is -2.14. The zero-order valence-corrected chi connectivity index (χ0v) is 12.3. The van der Waals surface area contributed by atoms with Gasteiger partial charge in [-0.1, -0.05) is 0 Å². The van der Waals surface area contributed by atoms with Gasteiger partial charge in [-0.2, -0.15) is 0 Å². The highest BCUT2D eigenvalue weighted by molar-refractivity contribution is 7.09. The fourth-order valence-electron chi connectivity index (χ4n) is 2.28. The molecule has 2 aromatic heterocycles. The third-order valence-corrected chi connectivity index (χ3v) is 4.10. The maximum Gasteiger partial charge on any atom is 0.190 e. The number of nitrogens with zero attached hydrogens (tertiary/aromatic N) is 1. The Balaban J connectivity index is 2.32. The monoisotopic (exact) mass is 286 g/mol. The highest BCUT2D eigenvalue weighted by Crippen LogP contribution is 2.26. The molecule has 0 aliphatic carbocycles. The number of aryl methyl sites for hydroxylation is 2. The van der Waals surface area contributed by atoms with Crippen molar-refractivity contribution in [3.63, 3.8) is 0 Å². The van der Waals surface area contributed by atoms with Crippen molar-refractivity contribution in [3.8, 4) is 17.1 Å². The lowest BCUT2D eigenvalue weighted by Crippen LogP contribution is -2.05. The Morgan fingerprint density at radius 3 is 2.75 bits per heavy atom. The molecule has 1 aromatic carbocycles. The van der Waals surface area contributed by atoms with E-state index in [1.165, 1.54) is 0 Å². The van der Waals surface area contributed by atoms with E-state index >= 15 is 0 Å². The number of H-pyrrole nitrogens is 1. The van der Waals surface area contributed by atoms with Crippen LogP contribution in [0.3, 0.4) is 0 Å². The fraction of sp³-hybridized carbons (Fsp3) is 0.200. The van der Waals surface area contributed by atoms with Crippen molar-refractivity contribution in [1.82, 2.24) is 9.97 Å². The van der Waals surface area contributed by atoms with Crippen molar-refractivity contribution < 1.29 is 4.74 Å². The molecule has 20 heavy (non-hydrogen) atoms. The summed E-state index contributed by atoms with van der Waals surface area (Å²) in [5.41, 5.74) is 3.26. The van der Waals surface area contributed by atoms with Gasteiger partial charge in [0.05, 0.1) is 29.0 Å². The number of rotatable bonds is 2. The van der Waals surface area contributed by atoms with Crippen LogP contribution in [0.5, 0.6) is 5.75 Å². The van der Waals surface area contributed by atoms with Crippen molar-refractivity contribution >= 4 is 22.2 Å². The van der Waals surface area contributed by atoms with Gasteiger partial charge in [0.25, 0.3) is 0 Å². The van der Waals surface area contributed by atoms with Crippen molar-refractivity contribution in [2.24, 2.45) is 0 Å². The molecule has 0 bridgehead atoms. The molecular weight excluding hydrogens is 272 g/mol. The minimum absolute atomic E-state index is 0.00911. The SMILES string of the molecule is COc1ccc2c(=O)cc(-c3csc(C)n3)[nH]c2c1C. The number of pyridine rings is 1. The number of thiazole rings is 1. The molecule has 2 heterocycles. The molecule has 0 aliphatic rings. The minimum Gasteiger partial charge on any atom is -0.496 e. The van der Waals surface area contributed by atoms with Gasteiger partial charge in [0.2, 0.25) is 0 Å². The van der Waals surface area contributed by atoms with Gasteiger partial charge in [-0.25, -0.2) is 4.98 Å². The van der Waals surface area contributed by atoms with Crippen LogP contribution < -0.4 is 10.2 Å². The van der Waals surface area contributed by atoms with E-state index < -0.39 is 0 Å². The molecule has 3 aromatic rings. The van der Waals surface area contributed by atoms with E-state index in [1.807, 2.05) is 25.3 Å². The molecular formula is C15H14N2O2S. The highest BCUT2D eigenvalue weighted by atomic mass is 32.1. The first-order valence-corrected chi connectivity index (χ1v) is 7.11. The molecule has 0 saturated carbocycles. The first-order valence-electron chi connectivity index (χ1n) is 6.23. The lowest BCUT2D eigenvalue weighted by molar-refractivity contribution is 0.412. The number of nitrogens with one attached hydrogen (secondary N) is 1. The van der Waals surface area contributed by atoms with Gasteiger partial charge < -0.3 is 9.72 Å². The van der Waals surface area contributed by atoms with Gasteiger partial charge in [-0.15, -0.1) is 11.3 Å². The molecule has 4 nitrogen and oxygen atoms in total. The van der Waals surface area contributed by atoms with Crippen LogP contribution in [0.2, 0.25) is 0 Å². The minimum atomic E-state index is -0.00911. The Morgan fingerprint density at radius 1 is 1.30 bits per heavy atom. The van der Waals surface area contributed by atoms with Crippen LogP contribution in [-0.2, 0) is 0 Å². The summed E-state index contributed by atoms with van der Waals surface area (Å²) in [4.78, 5) is 20.0. The standard InChI is InChI=1S/C15H14N2O2S/c1-8-14(19-3)5-4-10-13(18)6-11(17-15(8)10)12-7-20-9(2)16-12/h4-7H,1-3H3,(H,17,18). The number of methoxy groups -OCH3 is 1. The van der Waals surface area contributed by atoms with E-state index in [9.17, 15) is 4.79 Å². The first-order chi connectivity index (χ1) is 9.60. The van der Waals surface area contributed by atoms with Crippen LogP contribution in [0.15, 0.2) is 28.4 Å². The molecule has 0 aliphatic heterocycles. The molecule has 0 atom stereocenters. The maximum atomic E-state index is 12.2. The van der Waals surface area contributed by atoms with Crippen molar-refractivity contribution in [2.45, 2.75) is 13.8 Å². The summed E-state index contributed by atoms with van der Waals surface area (Å²) in [7, 11) is 1.62. The fourth-order valence-corrected chi connectivity index (χ4v) is 2.90. The predicted octanol–water partition coefficient (Wildman–Crippen LogP) is 3.28. The van der Waals surface area contributed by atoms with Gasteiger partial charge in [0, 0.05) is 22.4 Å². The van der Waals surface area contributed by atoms with Crippen molar-refractivity contribution in [1.29, 1.82) is 0 Å². The number of hydrogen-bond donors (Lipinski definition) is 1. The van der Waals surface area contributed by atoms with Crippen LogP contribution >= 0.6 is 11.3 Å². The number of hydrogen-bond acceptors (Lipinski definition) is 4. The summed E-state index contributed by atoms with van der Waals surface area (Å²) in [5, 5.41) is 3.59. The zero-order chi connectivity index (χ0) is 14.3. The number of aromatic amines is 1. The second kappa shape index (κ2) is 4.76. The van der Waals surface area contributed by atoms with Crippen LogP contribution in [-0.4, -0.2) is 17.1 Å². The summed E-state index contributed by atoms with van der Waals surface area (Å²) in [5.74, 6) is 0.764. The van der Waals surface area contributed by atoms with E-state index in [0.29, 0.717) is 5.39 Å². The maximum absolute atomic E-state index is 12.2. The largest absolute Gasteiger partial charge is 0.496 e. The number of ether oxygens (including phenoxy) is 1. The second-order valence-corrected chi connectivity index (χ2v) is 5.68. The van der Waals surface area contributed by atoms with Crippen LogP contribution in [0, 0.1) is 13.8 Å². The quantitative estimate of drug-likeness (QED) is 0.786. The molecule has 0 spiro atoms. The first kappa shape index (κ1) is 12.9. The van der Waals surface area contributed by atoms with Crippen LogP contribution in [0.1, 0.15) is 10.6 Å². The smallest absolute Gasteiger partial charge is 0.190 e. The lowest BCUT2D eigenvalue weighted by atomic mass is 10.1. The van der Waals surface area contributed by atoms with E-state index in [1.54, 1.807) is 30.6 Å². The van der Waals surface area contributed by atoms with Crippen molar-refractivity contribution in [2.75, 3.05) is 7.11 Å². The Morgan fingerprint density at radius 2 is 2.10 bits per heavy atom. The number of benzene rings is 1. The molecule has 102 valence electrons. The van der Waals surface area contributed by atoms with Gasteiger partial charge in [0.15, 0.2) is 5.43 Å². The Labute approximate surface area is 120 Å². The topological polar surface area (TPSA) is 55.0 Å². The number of aromatic nitrogens is 2.